The van der Waals surface area contributed by atoms with Crippen LogP contribution in [0.15, 0.2) is 18.2 Å². The van der Waals surface area contributed by atoms with Crippen LogP contribution >= 0.6 is 0 Å². The molecule has 0 fully saturated rings. The minimum atomic E-state index is -0.341. The van der Waals surface area contributed by atoms with E-state index in [0.717, 1.165) is 12.0 Å². The fourth-order valence-electron chi connectivity index (χ4n) is 1.70. The molecule has 0 saturated carbocycles. The van der Waals surface area contributed by atoms with Crippen molar-refractivity contribution < 1.29 is 14.2 Å². The lowest BCUT2D eigenvalue weighted by molar-refractivity contribution is 0.274. The molecular formula is C12H17FO2. The van der Waals surface area contributed by atoms with E-state index in [2.05, 4.69) is 0 Å². The number of aliphatic hydroxyl groups is 1. The molecule has 0 heterocycles. The van der Waals surface area contributed by atoms with Gasteiger partial charge in [-0.15, -0.1) is 0 Å². The summed E-state index contributed by atoms with van der Waals surface area (Å²) in [5.41, 5.74) is 0.921. The Morgan fingerprint density at radius 3 is 2.67 bits per heavy atom. The zero-order valence-electron chi connectivity index (χ0n) is 9.16. The van der Waals surface area contributed by atoms with Gasteiger partial charge in [0.2, 0.25) is 0 Å². The first-order valence-corrected chi connectivity index (χ1v) is 5.17. The highest BCUT2D eigenvalue weighted by Gasteiger charge is 2.11. The first kappa shape index (κ1) is 12.0. The average Bonchev–Trinajstić information content (AvgIpc) is 2.25. The zero-order valence-corrected chi connectivity index (χ0v) is 9.16. The quantitative estimate of drug-likeness (QED) is 0.813. The average molecular weight is 212 g/mol. The summed E-state index contributed by atoms with van der Waals surface area (Å²) in [7, 11) is 1.45. The van der Waals surface area contributed by atoms with Crippen molar-refractivity contribution in [2.24, 2.45) is 0 Å². The number of benzene rings is 1. The third-order valence-corrected chi connectivity index (χ3v) is 2.62. The zero-order chi connectivity index (χ0) is 11.3. The van der Waals surface area contributed by atoms with Gasteiger partial charge in [-0.05, 0) is 36.5 Å². The molecule has 1 aromatic rings. The second-order valence-corrected chi connectivity index (χ2v) is 3.51. The van der Waals surface area contributed by atoms with E-state index in [1.807, 2.05) is 13.0 Å². The van der Waals surface area contributed by atoms with Gasteiger partial charge in [0, 0.05) is 6.61 Å². The molecule has 15 heavy (non-hydrogen) atoms. The molecule has 0 bridgehead atoms. The topological polar surface area (TPSA) is 29.5 Å². The molecule has 0 saturated heterocycles. The first-order valence-electron chi connectivity index (χ1n) is 5.17. The Morgan fingerprint density at radius 2 is 2.20 bits per heavy atom. The molecule has 0 spiro atoms. The highest BCUT2D eigenvalue weighted by molar-refractivity contribution is 5.31. The molecular weight excluding hydrogens is 195 g/mol. The van der Waals surface area contributed by atoms with Crippen LogP contribution in [0.4, 0.5) is 4.39 Å². The summed E-state index contributed by atoms with van der Waals surface area (Å²) < 4.78 is 18.2. The largest absolute Gasteiger partial charge is 0.494 e. The second kappa shape index (κ2) is 5.71. The predicted molar refractivity (Wildman–Crippen MR) is 57.7 cm³/mol. The van der Waals surface area contributed by atoms with Crippen LogP contribution in [-0.4, -0.2) is 18.8 Å². The minimum absolute atomic E-state index is 0.131. The van der Waals surface area contributed by atoms with Crippen LogP contribution in [-0.2, 0) is 0 Å². The molecule has 0 amide bonds. The van der Waals surface area contributed by atoms with Gasteiger partial charge in [-0.25, -0.2) is 4.39 Å². The molecule has 3 heteroatoms. The van der Waals surface area contributed by atoms with Crippen molar-refractivity contribution in [2.45, 2.75) is 25.7 Å². The lowest BCUT2D eigenvalue weighted by Gasteiger charge is -2.14. The Labute approximate surface area is 89.7 Å². The van der Waals surface area contributed by atoms with Gasteiger partial charge in [-0.1, -0.05) is 13.0 Å². The predicted octanol–water partition coefficient (Wildman–Crippen LogP) is 2.71. The molecule has 0 aromatic heterocycles. The smallest absolute Gasteiger partial charge is 0.165 e. The van der Waals surface area contributed by atoms with Gasteiger partial charge in [0.05, 0.1) is 7.11 Å². The number of hydrogen-bond acceptors (Lipinski definition) is 2. The summed E-state index contributed by atoms with van der Waals surface area (Å²) in [5.74, 6) is 0.138. The molecule has 84 valence electrons. The van der Waals surface area contributed by atoms with Crippen LogP contribution in [0.5, 0.6) is 5.75 Å². The van der Waals surface area contributed by atoms with Crippen LogP contribution in [0.2, 0.25) is 0 Å². The van der Waals surface area contributed by atoms with Gasteiger partial charge in [0.15, 0.2) is 11.6 Å². The van der Waals surface area contributed by atoms with Gasteiger partial charge < -0.3 is 9.84 Å². The van der Waals surface area contributed by atoms with E-state index in [4.69, 9.17) is 9.84 Å². The van der Waals surface area contributed by atoms with Gasteiger partial charge >= 0.3 is 0 Å². The van der Waals surface area contributed by atoms with Gasteiger partial charge in [-0.3, -0.25) is 0 Å². The molecule has 0 aliphatic carbocycles. The molecule has 1 atom stereocenters. The Morgan fingerprint density at radius 1 is 1.47 bits per heavy atom. The highest BCUT2D eigenvalue weighted by atomic mass is 19.1. The summed E-state index contributed by atoms with van der Waals surface area (Å²) >= 11 is 0. The molecule has 0 radical (unpaired) electrons. The Hall–Kier alpha value is -1.09. The Kier molecular flexibility index (Phi) is 4.56. The van der Waals surface area contributed by atoms with E-state index in [-0.39, 0.29) is 24.1 Å². The third-order valence-electron chi connectivity index (χ3n) is 2.62. The Balaban J connectivity index is 2.89. The van der Waals surface area contributed by atoms with Gasteiger partial charge in [0.25, 0.3) is 0 Å². The number of methoxy groups -OCH3 is 1. The maximum Gasteiger partial charge on any atom is 0.165 e. The maximum absolute atomic E-state index is 13.4. The van der Waals surface area contributed by atoms with Crippen molar-refractivity contribution in [1.29, 1.82) is 0 Å². The lowest BCUT2D eigenvalue weighted by Crippen LogP contribution is -2.01. The van der Waals surface area contributed by atoms with Crippen molar-refractivity contribution in [3.8, 4) is 5.75 Å². The number of aliphatic hydroxyl groups excluding tert-OH is 1. The van der Waals surface area contributed by atoms with Gasteiger partial charge in [-0.2, -0.15) is 0 Å². The Bertz CT molecular complexity index is 312. The summed E-state index contributed by atoms with van der Waals surface area (Å²) in [6, 6.07) is 4.97. The first-order chi connectivity index (χ1) is 7.22. The van der Waals surface area contributed by atoms with Crippen LogP contribution < -0.4 is 4.74 Å². The van der Waals surface area contributed by atoms with E-state index < -0.39 is 0 Å². The van der Waals surface area contributed by atoms with Crippen molar-refractivity contribution in [3.63, 3.8) is 0 Å². The lowest BCUT2D eigenvalue weighted by atomic mass is 9.93. The third kappa shape index (κ3) is 2.93. The van der Waals surface area contributed by atoms with Crippen LogP contribution in [0.3, 0.4) is 0 Å². The molecule has 1 unspecified atom stereocenters. The van der Waals surface area contributed by atoms with Crippen LogP contribution in [0, 0.1) is 5.82 Å². The van der Waals surface area contributed by atoms with Crippen molar-refractivity contribution in [1.82, 2.24) is 0 Å². The van der Waals surface area contributed by atoms with E-state index in [1.54, 1.807) is 6.07 Å². The highest BCUT2D eigenvalue weighted by Crippen LogP contribution is 2.27. The van der Waals surface area contributed by atoms with E-state index >= 15 is 0 Å². The monoisotopic (exact) mass is 212 g/mol. The molecule has 0 aliphatic heterocycles. The van der Waals surface area contributed by atoms with E-state index in [1.165, 1.54) is 13.2 Å². The molecule has 0 aliphatic rings. The summed E-state index contributed by atoms with van der Waals surface area (Å²) in [4.78, 5) is 0. The molecule has 2 nitrogen and oxygen atoms in total. The molecule has 1 N–H and O–H groups in total. The number of halogens is 1. The SMILES string of the molecule is CCC(CCO)c1ccc(OC)c(F)c1. The number of hydrogen-bond donors (Lipinski definition) is 1. The summed E-state index contributed by atoms with van der Waals surface area (Å²) in [6.07, 6.45) is 1.56. The van der Waals surface area contributed by atoms with Crippen LogP contribution in [0.25, 0.3) is 0 Å². The fourth-order valence-corrected chi connectivity index (χ4v) is 1.70. The van der Waals surface area contributed by atoms with Crippen molar-refractivity contribution in [2.75, 3.05) is 13.7 Å². The minimum Gasteiger partial charge on any atom is -0.494 e. The van der Waals surface area contributed by atoms with Crippen molar-refractivity contribution >= 4 is 0 Å². The van der Waals surface area contributed by atoms with E-state index in [0.29, 0.717) is 6.42 Å². The fraction of sp³-hybridized carbons (Fsp3) is 0.500. The molecule has 1 aromatic carbocycles. The second-order valence-electron chi connectivity index (χ2n) is 3.51. The summed E-state index contributed by atoms with van der Waals surface area (Å²) in [5, 5.41) is 8.88. The molecule has 1 rings (SSSR count). The normalized spacial score (nSPS) is 12.5. The van der Waals surface area contributed by atoms with E-state index in [9.17, 15) is 4.39 Å². The number of rotatable bonds is 5. The number of ether oxygens (including phenoxy) is 1. The summed E-state index contributed by atoms with van der Waals surface area (Å²) in [6.45, 7) is 2.16. The maximum atomic E-state index is 13.4. The van der Waals surface area contributed by atoms with Gasteiger partial charge in [0.1, 0.15) is 0 Å². The van der Waals surface area contributed by atoms with Crippen molar-refractivity contribution in [3.05, 3.63) is 29.6 Å². The van der Waals surface area contributed by atoms with Crippen LogP contribution in [0.1, 0.15) is 31.2 Å². The standard InChI is InChI=1S/C12H17FO2/c1-3-9(6-7-14)10-4-5-12(15-2)11(13)8-10/h4-5,8-9,14H,3,6-7H2,1-2H3.